The van der Waals surface area contributed by atoms with Gasteiger partial charge in [0.1, 0.15) is 17.4 Å². The molecule has 1 aliphatic heterocycles. The van der Waals surface area contributed by atoms with Crippen LogP contribution in [0.25, 0.3) is 0 Å². The zero-order chi connectivity index (χ0) is 19.7. The van der Waals surface area contributed by atoms with Crippen molar-refractivity contribution in [2.24, 2.45) is 5.73 Å². The number of nitrogens with zero attached hydrogens (tertiary/aromatic N) is 3. The number of ether oxygens (including phenoxy) is 1. The number of hydrogen-bond acceptors (Lipinski definition) is 5. The van der Waals surface area contributed by atoms with Crippen LogP contribution in [-0.4, -0.2) is 9.55 Å². The first-order chi connectivity index (χ1) is 13.6. The second kappa shape index (κ2) is 7.05. The Morgan fingerprint density at radius 1 is 1.21 bits per heavy atom. The van der Waals surface area contributed by atoms with Gasteiger partial charge in [0.15, 0.2) is 0 Å². The lowest BCUT2D eigenvalue weighted by atomic mass is 9.84. The van der Waals surface area contributed by atoms with Gasteiger partial charge in [0, 0.05) is 18.0 Å². The molecule has 0 saturated carbocycles. The fourth-order valence-corrected chi connectivity index (χ4v) is 3.52. The highest BCUT2D eigenvalue weighted by Crippen LogP contribution is 2.40. The van der Waals surface area contributed by atoms with Crippen LogP contribution in [0.3, 0.4) is 0 Å². The highest BCUT2D eigenvalue weighted by Gasteiger charge is 2.34. The van der Waals surface area contributed by atoms with Crippen LogP contribution in [0.1, 0.15) is 28.4 Å². The molecule has 1 aliphatic rings. The lowest BCUT2D eigenvalue weighted by molar-refractivity contribution is 0.389. The van der Waals surface area contributed by atoms with Crippen LogP contribution >= 0.6 is 0 Å². The molecular weight excluding hydrogens is 352 g/mol. The van der Waals surface area contributed by atoms with Crippen LogP contribution in [0.15, 0.2) is 77.0 Å². The summed E-state index contributed by atoms with van der Waals surface area (Å²) in [6.07, 6.45) is 1.70. The largest absolute Gasteiger partial charge is 0.440 e. The van der Waals surface area contributed by atoms with Gasteiger partial charge >= 0.3 is 0 Å². The Bertz CT molecular complexity index is 1160. The highest BCUT2D eigenvalue weighted by atomic mass is 16.5. The van der Waals surface area contributed by atoms with E-state index in [1.165, 1.54) is 0 Å². The highest BCUT2D eigenvalue weighted by molar-refractivity contribution is 5.55. The van der Waals surface area contributed by atoms with Crippen molar-refractivity contribution in [2.75, 3.05) is 0 Å². The third kappa shape index (κ3) is 2.93. The van der Waals surface area contributed by atoms with Crippen LogP contribution in [-0.2, 0) is 6.54 Å². The summed E-state index contributed by atoms with van der Waals surface area (Å²) in [4.78, 5) is 17.8. The summed E-state index contributed by atoms with van der Waals surface area (Å²) in [5, 5.41) is 9.68. The SMILES string of the molecule is Cc1cc2c(c(=O)n1Cc1ccccn1)[C@@H](c1ccccc1)C(C#N)=C(N)O2. The van der Waals surface area contributed by atoms with Crippen molar-refractivity contribution in [1.82, 2.24) is 9.55 Å². The minimum absolute atomic E-state index is 0.0325. The van der Waals surface area contributed by atoms with Gasteiger partial charge in [-0.3, -0.25) is 9.78 Å². The summed E-state index contributed by atoms with van der Waals surface area (Å²) in [5.41, 5.74) is 8.77. The van der Waals surface area contributed by atoms with E-state index in [1.54, 1.807) is 16.8 Å². The Morgan fingerprint density at radius 2 is 1.96 bits per heavy atom. The van der Waals surface area contributed by atoms with Crippen molar-refractivity contribution in [1.29, 1.82) is 5.26 Å². The maximum Gasteiger partial charge on any atom is 0.259 e. The molecule has 2 aromatic heterocycles. The third-order valence-corrected chi connectivity index (χ3v) is 4.87. The summed E-state index contributed by atoms with van der Waals surface area (Å²) in [6, 6.07) is 18.9. The van der Waals surface area contributed by atoms with E-state index in [9.17, 15) is 10.1 Å². The molecule has 6 heteroatoms. The fourth-order valence-electron chi connectivity index (χ4n) is 3.52. The number of allylic oxidation sites excluding steroid dienone is 1. The van der Waals surface area contributed by atoms with Crippen LogP contribution in [0.5, 0.6) is 5.75 Å². The molecule has 1 aromatic carbocycles. The summed E-state index contributed by atoms with van der Waals surface area (Å²) in [7, 11) is 0. The maximum atomic E-state index is 13.5. The Hall–Kier alpha value is -3.85. The standard InChI is InChI=1S/C22H18N4O2/c1-14-11-18-20(22(27)26(14)13-16-9-5-6-10-25-16)19(15-7-3-2-4-8-15)17(12-23)21(24)28-18/h2-11,19H,13,24H2,1H3/t19-/m0/s1. The predicted molar refractivity (Wildman–Crippen MR) is 105 cm³/mol. The zero-order valence-corrected chi connectivity index (χ0v) is 15.3. The molecule has 0 spiro atoms. The maximum absolute atomic E-state index is 13.5. The Morgan fingerprint density at radius 3 is 2.64 bits per heavy atom. The third-order valence-electron chi connectivity index (χ3n) is 4.87. The van der Waals surface area contributed by atoms with E-state index in [0.29, 0.717) is 17.9 Å². The van der Waals surface area contributed by atoms with Crippen LogP contribution in [0.2, 0.25) is 0 Å². The molecule has 0 aliphatic carbocycles. The van der Waals surface area contributed by atoms with Gasteiger partial charge in [-0.15, -0.1) is 0 Å². The van der Waals surface area contributed by atoms with E-state index in [1.807, 2.05) is 55.5 Å². The topological polar surface area (TPSA) is 93.9 Å². The van der Waals surface area contributed by atoms with E-state index in [4.69, 9.17) is 10.5 Å². The number of fused-ring (bicyclic) bond motifs is 1. The number of aromatic nitrogens is 2. The van der Waals surface area contributed by atoms with Gasteiger partial charge in [0.2, 0.25) is 5.88 Å². The molecule has 138 valence electrons. The molecule has 0 radical (unpaired) electrons. The smallest absolute Gasteiger partial charge is 0.259 e. The molecule has 6 nitrogen and oxygen atoms in total. The van der Waals surface area contributed by atoms with Crippen molar-refractivity contribution in [3.8, 4) is 11.8 Å². The first-order valence-electron chi connectivity index (χ1n) is 8.87. The normalized spacial score (nSPS) is 15.5. The fraction of sp³-hybridized carbons (Fsp3) is 0.136. The first-order valence-corrected chi connectivity index (χ1v) is 8.87. The molecule has 0 bridgehead atoms. The van der Waals surface area contributed by atoms with Crippen LogP contribution in [0, 0.1) is 18.3 Å². The van der Waals surface area contributed by atoms with Gasteiger partial charge in [-0.25, -0.2) is 0 Å². The Kier molecular flexibility index (Phi) is 4.42. The molecule has 0 unspecified atom stereocenters. The van der Waals surface area contributed by atoms with Gasteiger partial charge in [0.25, 0.3) is 5.56 Å². The first kappa shape index (κ1) is 17.6. The average Bonchev–Trinajstić information content (AvgIpc) is 2.71. The van der Waals surface area contributed by atoms with Gasteiger partial charge in [-0.2, -0.15) is 5.26 Å². The molecule has 0 amide bonds. The number of rotatable bonds is 3. The number of aryl methyl sites for hydroxylation is 1. The van der Waals surface area contributed by atoms with E-state index >= 15 is 0 Å². The molecule has 0 fully saturated rings. The van der Waals surface area contributed by atoms with Gasteiger partial charge < -0.3 is 15.0 Å². The molecule has 4 rings (SSSR count). The number of nitriles is 1. The average molecular weight is 370 g/mol. The number of pyridine rings is 2. The molecule has 0 saturated heterocycles. The minimum atomic E-state index is -0.571. The van der Waals surface area contributed by atoms with Crippen molar-refractivity contribution in [3.05, 3.63) is 105 Å². The van der Waals surface area contributed by atoms with Gasteiger partial charge in [0.05, 0.1) is 23.7 Å². The molecule has 3 heterocycles. The number of nitrogens with two attached hydrogens (primary N) is 1. The van der Waals surface area contributed by atoms with Crippen LogP contribution < -0.4 is 16.0 Å². The van der Waals surface area contributed by atoms with E-state index in [2.05, 4.69) is 11.1 Å². The van der Waals surface area contributed by atoms with Gasteiger partial charge in [-0.05, 0) is 24.6 Å². The molecule has 28 heavy (non-hydrogen) atoms. The summed E-state index contributed by atoms with van der Waals surface area (Å²) >= 11 is 0. The molecule has 3 aromatic rings. The van der Waals surface area contributed by atoms with Crippen molar-refractivity contribution in [2.45, 2.75) is 19.4 Å². The lowest BCUT2D eigenvalue weighted by Crippen LogP contribution is -2.33. The minimum Gasteiger partial charge on any atom is -0.440 e. The summed E-state index contributed by atoms with van der Waals surface area (Å²) in [5.74, 6) is -0.145. The molecular formula is C22H18N4O2. The molecule has 2 N–H and O–H groups in total. The monoisotopic (exact) mass is 370 g/mol. The lowest BCUT2D eigenvalue weighted by Gasteiger charge is -2.27. The Balaban J connectivity index is 1.93. The molecule has 1 atom stereocenters. The number of hydrogen-bond donors (Lipinski definition) is 1. The summed E-state index contributed by atoms with van der Waals surface area (Å²) < 4.78 is 7.31. The van der Waals surface area contributed by atoms with Crippen molar-refractivity contribution < 1.29 is 4.74 Å². The van der Waals surface area contributed by atoms with E-state index in [-0.39, 0.29) is 17.0 Å². The Labute approximate surface area is 162 Å². The number of benzene rings is 1. The zero-order valence-electron chi connectivity index (χ0n) is 15.3. The van der Waals surface area contributed by atoms with Crippen molar-refractivity contribution >= 4 is 0 Å². The predicted octanol–water partition coefficient (Wildman–Crippen LogP) is 2.82. The quantitative estimate of drug-likeness (QED) is 0.765. The second-order valence-corrected chi connectivity index (χ2v) is 6.61. The van der Waals surface area contributed by atoms with Crippen LogP contribution in [0.4, 0.5) is 0 Å². The second-order valence-electron chi connectivity index (χ2n) is 6.61. The summed E-state index contributed by atoms with van der Waals surface area (Å²) in [6.45, 7) is 2.17. The van der Waals surface area contributed by atoms with E-state index in [0.717, 1.165) is 17.0 Å². The van der Waals surface area contributed by atoms with E-state index < -0.39 is 5.92 Å². The van der Waals surface area contributed by atoms with Gasteiger partial charge in [-0.1, -0.05) is 36.4 Å². The van der Waals surface area contributed by atoms with Crippen molar-refractivity contribution in [3.63, 3.8) is 0 Å².